The number of hydrogen-bond donors (Lipinski definition) is 1. The van der Waals surface area contributed by atoms with Gasteiger partial charge in [-0.05, 0) is 53.2 Å². The van der Waals surface area contributed by atoms with Gasteiger partial charge in [-0.25, -0.2) is 0 Å². The van der Waals surface area contributed by atoms with Gasteiger partial charge in [0.2, 0.25) is 0 Å². The number of nitrogens with two attached hydrogens (primary N) is 1. The molecule has 0 bridgehead atoms. The maximum atomic E-state index is 6.50. The summed E-state index contributed by atoms with van der Waals surface area (Å²) in [6.45, 7) is 4.50. The molecule has 3 atom stereocenters. The van der Waals surface area contributed by atoms with Crippen LogP contribution >= 0.6 is 27.3 Å². The summed E-state index contributed by atoms with van der Waals surface area (Å²) >= 11 is 5.35. The van der Waals surface area contributed by atoms with Crippen molar-refractivity contribution >= 4 is 27.3 Å². The average Bonchev–Trinajstić information content (AvgIpc) is 2.97. The molecule has 2 N–H and O–H groups in total. The second-order valence-electron chi connectivity index (χ2n) is 5.72. The minimum absolute atomic E-state index is 0.0515. The molecule has 2 aliphatic rings. The number of aryl methyl sites for hydroxylation is 1. The van der Waals surface area contributed by atoms with E-state index >= 15 is 0 Å². The van der Waals surface area contributed by atoms with Crippen LogP contribution in [0.4, 0.5) is 0 Å². The number of ether oxygens (including phenoxy) is 2. The van der Waals surface area contributed by atoms with Crippen LogP contribution in [0, 0.1) is 12.8 Å². The normalized spacial score (nSPS) is 32.9. The molecule has 2 aliphatic heterocycles. The van der Waals surface area contributed by atoms with Crippen LogP contribution in [0.5, 0.6) is 0 Å². The zero-order valence-corrected chi connectivity index (χ0v) is 13.6. The maximum absolute atomic E-state index is 6.50. The Hall–Kier alpha value is 0.0600. The molecule has 3 rings (SSSR count). The summed E-state index contributed by atoms with van der Waals surface area (Å²) in [5.41, 5.74) is 7.72. The van der Waals surface area contributed by atoms with Gasteiger partial charge in [0.25, 0.3) is 0 Å². The quantitative estimate of drug-likeness (QED) is 0.893. The lowest BCUT2D eigenvalue weighted by Gasteiger charge is -2.39. The van der Waals surface area contributed by atoms with Gasteiger partial charge in [-0.3, -0.25) is 0 Å². The molecule has 19 heavy (non-hydrogen) atoms. The molecule has 3 unspecified atom stereocenters. The van der Waals surface area contributed by atoms with E-state index in [1.54, 1.807) is 11.3 Å². The second-order valence-corrected chi connectivity index (χ2v) is 8.12. The van der Waals surface area contributed by atoms with Gasteiger partial charge in [-0.2, -0.15) is 0 Å². The van der Waals surface area contributed by atoms with E-state index in [9.17, 15) is 0 Å². The third kappa shape index (κ3) is 2.76. The fourth-order valence-electron chi connectivity index (χ4n) is 3.12. The molecule has 0 saturated carbocycles. The van der Waals surface area contributed by atoms with E-state index in [1.807, 2.05) is 0 Å². The molecule has 5 heteroatoms. The van der Waals surface area contributed by atoms with Crippen LogP contribution in [0.3, 0.4) is 0 Å². The number of rotatable bonds is 2. The Morgan fingerprint density at radius 3 is 3.00 bits per heavy atom. The topological polar surface area (TPSA) is 44.5 Å². The predicted octanol–water partition coefficient (Wildman–Crippen LogP) is 3.40. The fraction of sp³-hybridized carbons (Fsp3) is 0.714. The van der Waals surface area contributed by atoms with Gasteiger partial charge in [-0.1, -0.05) is 0 Å². The Morgan fingerprint density at radius 2 is 2.37 bits per heavy atom. The van der Waals surface area contributed by atoms with Gasteiger partial charge in [-0.15, -0.1) is 11.3 Å². The SMILES string of the molecule is Cc1cc(C(N)C2CCOC3(CCOC3)C2)sc1Br. The third-order valence-corrected chi connectivity index (χ3v) is 6.55. The highest BCUT2D eigenvalue weighted by Crippen LogP contribution is 2.42. The highest BCUT2D eigenvalue weighted by Gasteiger charge is 2.42. The predicted molar refractivity (Wildman–Crippen MR) is 80.5 cm³/mol. The molecule has 0 amide bonds. The van der Waals surface area contributed by atoms with Crippen molar-refractivity contribution in [1.82, 2.24) is 0 Å². The van der Waals surface area contributed by atoms with Crippen LogP contribution in [0.25, 0.3) is 0 Å². The lowest BCUT2D eigenvalue weighted by Crippen LogP contribution is -2.43. The Balaban J connectivity index is 1.74. The fourth-order valence-corrected chi connectivity index (χ4v) is 4.78. The first-order valence-corrected chi connectivity index (χ1v) is 8.44. The molecule has 1 aromatic heterocycles. The summed E-state index contributed by atoms with van der Waals surface area (Å²) in [6.07, 6.45) is 3.10. The van der Waals surface area contributed by atoms with E-state index in [4.69, 9.17) is 15.2 Å². The summed E-state index contributed by atoms with van der Waals surface area (Å²) < 4.78 is 12.7. The molecule has 106 valence electrons. The highest BCUT2D eigenvalue weighted by molar-refractivity contribution is 9.11. The van der Waals surface area contributed by atoms with E-state index in [-0.39, 0.29) is 11.6 Å². The second kappa shape index (κ2) is 5.45. The minimum atomic E-state index is -0.0515. The maximum Gasteiger partial charge on any atom is 0.0940 e. The van der Waals surface area contributed by atoms with Crippen molar-refractivity contribution in [2.75, 3.05) is 19.8 Å². The Labute approximate surface area is 126 Å². The summed E-state index contributed by atoms with van der Waals surface area (Å²) in [5, 5.41) is 0. The molecule has 3 heterocycles. The first-order chi connectivity index (χ1) is 9.10. The van der Waals surface area contributed by atoms with Crippen LogP contribution in [-0.4, -0.2) is 25.4 Å². The van der Waals surface area contributed by atoms with Crippen LogP contribution < -0.4 is 5.73 Å². The largest absolute Gasteiger partial charge is 0.378 e. The molecular weight excluding hydrogens is 326 g/mol. The van der Waals surface area contributed by atoms with Crippen molar-refractivity contribution in [1.29, 1.82) is 0 Å². The molecule has 3 nitrogen and oxygen atoms in total. The average molecular weight is 346 g/mol. The summed E-state index contributed by atoms with van der Waals surface area (Å²) in [7, 11) is 0. The van der Waals surface area contributed by atoms with Crippen molar-refractivity contribution in [3.8, 4) is 0 Å². The lowest BCUT2D eigenvalue weighted by atomic mass is 9.81. The minimum Gasteiger partial charge on any atom is -0.378 e. The molecular formula is C14H20BrNO2S. The number of thiophene rings is 1. The summed E-state index contributed by atoms with van der Waals surface area (Å²) in [5.74, 6) is 0.500. The van der Waals surface area contributed by atoms with E-state index in [0.29, 0.717) is 5.92 Å². The van der Waals surface area contributed by atoms with Gasteiger partial charge >= 0.3 is 0 Å². The molecule has 0 aromatic carbocycles. The van der Waals surface area contributed by atoms with Crippen molar-refractivity contribution in [2.45, 2.75) is 37.8 Å². The molecule has 1 aromatic rings. The monoisotopic (exact) mass is 345 g/mol. The van der Waals surface area contributed by atoms with E-state index in [2.05, 4.69) is 28.9 Å². The Kier molecular flexibility index (Phi) is 4.02. The summed E-state index contributed by atoms with van der Waals surface area (Å²) in [6, 6.07) is 2.34. The van der Waals surface area contributed by atoms with Crippen molar-refractivity contribution in [3.05, 3.63) is 20.3 Å². The van der Waals surface area contributed by atoms with Gasteiger partial charge in [0, 0.05) is 30.6 Å². The van der Waals surface area contributed by atoms with E-state index in [1.165, 1.54) is 14.2 Å². The van der Waals surface area contributed by atoms with Crippen LogP contribution in [0.15, 0.2) is 9.85 Å². The summed E-state index contributed by atoms with van der Waals surface area (Å²) in [4.78, 5) is 1.28. The Bertz CT molecular complexity index is 437. The van der Waals surface area contributed by atoms with Crippen LogP contribution in [0.1, 0.15) is 35.7 Å². The molecule has 0 aliphatic carbocycles. The molecule has 0 radical (unpaired) electrons. The lowest BCUT2D eigenvalue weighted by molar-refractivity contribution is -0.101. The van der Waals surface area contributed by atoms with Crippen LogP contribution in [-0.2, 0) is 9.47 Å². The van der Waals surface area contributed by atoms with Gasteiger partial charge in [0.15, 0.2) is 0 Å². The zero-order chi connectivity index (χ0) is 13.5. The smallest absolute Gasteiger partial charge is 0.0940 e. The third-order valence-electron chi connectivity index (χ3n) is 4.31. The van der Waals surface area contributed by atoms with Crippen molar-refractivity contribution in [2.24, 2.45) is 11.7 Å². The van der Waals surface area contributed by atoms with Gasteiger partial charge < -0.3 is 15.2 Å². The highest BCUT2D eigenvalue weighted by atomic mass is 79.9. The molecule has 1 spiro atoms. The number of halogens is 1. The molecule has 2 fully saturated rings. The Morgan fingerprint density at radius 1 is 1.53 bits per heavy atom. The first kappa shape index (κ1) is 14.0. The van der Waals surface area contributed by atoms with E-state index in [0.717, 1.165) is 39.1 Å². The van der Waals surface area contributed by atoms with E-state index < -0.39 is 0 Å². The van der Waals surface area contributed by atoms with Crippen LogP contribution in [0.2, 0.25) is 0 Å². The zero-order valence-electron chi connectivity index (χ0n) is 11.2. The number of hydrogen-bond acceptors (Lipinski definition) is 4. The standard InChI is InChI=1S/C14H20BrNO2S/c1-9-6-11(19-13(9)15)12(16)10-2-4-18-14(7-10)3-5-17-8-14/h6,10,12H,2-5,7-8,16H2,1H3. The molecule has 2 saturated heterocycles. The van der Waals surface area contributed by atoms with Crippen molar-refractivity contribution in [3.63, 3.8) is 0 Å². The van der Waals surface area contributed by atoms with Crippen molar-refractivity contribution < 1.29 is 9.47 Å². The van der Waals surface area contributed by atoms with Gasteiger partial charge in [0.1, 0.15) is 0 Å². The first-order valence-electron chi connectivity index (χ1n) is 6.83. The van der Waals surface area contributed by atoms with Gasteiger partial charge in [0.05, 0.1) is 16.0 Å².